The van der Waals surface area contributed by atoms with Crippen LogP contribution in [0, 0.1) is 5.92 Å². The van der Waals surface area contributed by atoms with Crippen molar-refractivity contribution in [2.75, 3.05) is 6.61 Å². The topological polar surface area (TPSA) is 40.5 Å². The SMILES string of the molecule is CC.CCC(O)C(C)CO. The van der Waals surface area contributed by atoms with Gasteiger partial charge in [0, 0.05) is 12.5 Å². The van der Waals surface area contributed by atoms with E-state index in [4.69, 9.17) is 10.2 Å². The summed E-state index contributed by atoms with van der Waals surface area (Å²) in [4.78, 5) is 0. The third-order valence-corrected chi connectivity index (χ3v) is 1.36. The highest BCUT2D eigenvalue weighted by atomic mass is 16.3. The monoisotopic (exact) mass is 148 g/mol. The summed E-state index contributed by atoms with van der Waals surface area (Å²) < 4.78 is 0. The summed E-state index contributed by atoms with van der Waals surface area (Å²) in [7, 11) is 0. The minimum absolute atomic E-state index is 0.0278. The fourth-order valence-electron chi connectivity index (χ4n) is 0.524. The average molecular weight is 148 g/mol. The van der Waals surface area contributed by atoms with Gasteiger partial charge in [-0.25, -0.2) is 0 Å². The lowest BCUT2D eigenvalue weighted by Gasteiger charge is -2.12. The van der Waals surface area contributed by atoms with Crippen molar-refractivity contribution in [3.63, 3.8) is 0 Å². The smallest absolute Gasteiger partial charge is 0.0585 e. The minimum Gasteiger partial charge on any atom is -0.396 e. The standard InChI is InChI=1S/C6H14O2.C2H6/c1-3-6(8)5(2)4-7;1-2/h5-8H,3-4H2,1-2H3;1-2H3. The van der Waals surface area contributed by atoms with Crippen LogP contribution in [-0.2, 0) is 0 Å². The van der Waals surface area contributed by atoms with Crippen LogP contribution in [0.4, 0.5) is 0 Å². The van der Waals surface area contributed by atoms with Gasteiger partial charge in [0.25, 0.3) is 0 Å². The van der Waals surface area contributed by atoms with Crippen LogP contribution >= 0.6 is 0 Å². The van der Waals surface area contributed by atoms with Gasteiger partial charge in [-0.05, 0) is 6.42 Å². The summed E-state index contributed by atoms with van der Waals surface area (Å²) in [5.41, 5.74) is 0. The van der Waals surface area contributed by atoms with Crippen LogP contribution in [0.15, 0.2) is 0 Å². The zero-order chi connectivity index (χ0) is 8.57. The number of hydrogen-bond acceptors (Lipinski definition) is 2. The van der Waals surface area contributed by atoms with E-state index in [1.54, 1.807) is 0 Å². The van der Waals surface area contributed by atoms with Gasteiger partial charge in [0.2, 0.25) is 0 Å². The molecule has 0 amide bonds. The summed E-state index contributed by atoms with van der Waals surface area (Å²) in [6.45, 7) is 7.81. The molecule has 0 saturated carbocycles. The van der Waals surface area contributed by atoms with E-state index in [9.17, 15) is 0 Å². The normalized spacial score (nSPS) is 15.0. The molecule has 64 valence electrons. The third kappa shape index (κ3) is 6.05. The summed E-state index contributed by atoms with van der Waals surface area (Å²) >= 11 is 0. The van der Waals surface area contributed by atoms with Gasteiger partial charge >= 0.3 is 0 Å². The first-order chi connectivity index (χ1) is 4.72. The first-order valence-electron chi connectivity index (χ1n) is 4.01. The Morgan fingerprint density at radius 2 is 1.70 bits per heavy atom. The van der Waals surface area contributed by atoms with Crippen LogP contribution in [0.25, 0.3) is 0 Å². The molecule has 0 radical (unpaired) electrons. The summed E-state index contributed by atoms with van der Waals surface area (Å²) in [5.74, 6) is 0.0278. The maximum atomic E-state index is 8.97. The highest BCUT2D eigenvalue weighted by Crippen LogP contribution is 2.03. The van der Waals surface area contributed by atoms with Gasteiger partial charge in [0.15, 0.2) is 0 Å². The van der Waals surface area contributed by atoms with Gasteiger partial charge < -0.3 is 10.2 Å². The maximum absolute atomic E-state index is 8.97. The van der Waals surface area contributed by atoms with Gasteiger partial charge in [0.05, 0.1) is 6.10 Å². The Hall–Kier alpha value is -0.0800. The van der Waals surface area contributed by atoms with E-state index in [-0.39, 0.29) is 18.6 Å². The Balaban J connectivity index is 0. The minimum atomic E-state index is -0.333. The zero-order valence-electron chi connectivity index (χ0n) is 7.46. The highest BCUT2D eigenvalue weighted by Gasteiger charge is 2.08. The molecule has 0 aliphatic rings. The second-order valence-electron chi connectivity index (χ2n) is 2.14. The summed E-state index contributed by atoms with van der Waals surface area (Å²) in [6, 6.07) is 0. The molecule has 2 nitrogen and oxygen atoms in total. The number of aliphatic hydroxyl groups excluding tert-OH is 2. The Kier molecular flexibility index (Phi) is 11.2. The van der Waals surface area contributed by atoms with E-state index < -0.39 is 0 Å². The van der Waals surface area contributed by atoms with E-state index in [0.717, 1.165) is 6.42 Å². The molecular formula is C8H20O2. The van der Waals surface area contributed by atoms with Gasteiger partial charge in [-0.1, -0.05) is 27.7 Å². The van der Waals surface area contributed by atoms with Crippen LogP contribution in [-0.4, -0.2) is 22.9 Å². The lowest BCUT2D eigenvalue weighted by Crippen LogP contribution is -2.19. The molecule has 10 heavy (non-hydrogen) atoms. The lowest BCUT2D eigenvalue weighted by atomic mass is 10.0. The third-order valence-electron chi connectivity index (χ3n) is 1.36. The zero-order valence-corrected chi connectivity index (χ0v) is 7.46. The fraction of sp³-hybridized carbons (Fsp3) is 1.00. The largest absolute Gasteiger partial charge is 0.396 e. The van der Waals surface area contributed by atoms with E-state index in [1.165, 1.54) is 0 Å². The van der Waals surface area contributed by atoms with Crippen LogP contribution in [0.1, 0.15) is 34.1 Å². The Morgan fingerprint density at radius 3 is 1.80 bits per heavy atom. The number of hydrogen-bond donors (Lipinski definition) is 2. The second-order valence-corrected chi connectivity index (χ2v) is 2.14. The molecule has 0 aliphatic carbocycles. The number of rotatable bonds is 3. The predicted molar refractivity (Wildman–Crippen MR) is 43.9 cm³/mol. The maximum Gasteiger partial charge on any atom is 0.0585 e. The predicted octanol–water partition coefficient (Wildman–Crippen LogP) is 1.41. The van der Waals surface area contributed by atoms with Gasteiger partial charge in [-0.15, -0.1) is 0 Å². The molecule has 0 aromatic carbocycles. The fourth-order valence-corrected chi connectivity index (χ4v) is 0.524. The Labute approximate surface area is 63.9 Å². The first-order valence-corrected chi connectivity index (χ1v) is 4.01. The molecule has 0 fully saturated rings. The molecule has 2 atom stereocenters. The van der Waals surface area contributed by atoms with Crippen molar-refractivity contribution in [3.05, 3.63) is 0 Å². The van der Waals surface area contributed by atoms with Crippen LogP contribution < -0.4 is 0 Å². The number of aliphatic hydroxyl groups is 2. The molecule has 0 aliphatic heterocycles. The van der Waals surface area contributed by atoms with Crippen LogP contribution in [0.3, 0.4) is 0 Å². The first kappa shape index (κ1) is 12.6. The van der Waals surface area contributed by atoms with Crippen molar-refractivity contribution in [2.24, 2.45) is 5.92 Å². The average Bonchev–Trinajstić information content (AvgIpc) is 2.05. The van der Waals surface area contributed by atoms with Crippen molar-refractivity contribution in [3.8, 4) is 0 Å². The van der Waals surface area contributed by atoms with Crippen molar-refractivity contribution >= 4 is 0 Å². The van der Waals surface area contributed by atoms with Crippen molar-refractivity contribution in [1.29, 1.82) is 0 Å². The van der Waals surface area contributed by atoms with E-state index in [2.05, 4.69) is 0 Å². The highest BCUT2D eigenvalue weighted by molar-refractivity contribution is 4.59. The van der Waals surface area contributed by atoms with E-state index >= 15 is 0 Å². The van der Waals surface area contributed by atoms with Crippen LogP contribution in [0.2, 0.25) is 0 Å². The Morgan fingerprint density at radius 1 is 1.30 bits per heavy atom. The van der Waals surface area contributed by atoms with Crippen molar-refractivity contribution in [1.82, 2.24) is 0 Å². The molecule has 0 heterocycles. The molecule has 2 unspecified atom stereocenters. The quantitative estimate of drug-likeness (QED) is 0.635. The van der Waals surface area contributed by atoms with Gasteiger partial charge in [-0.2, -0.15) is 0 Å². The van der Waals surface area contributed by atoms with Crippen LogP contribution in [0.5, 0.6) is 0 Å². The molecule has 0 bridgehead atoms. The van der Waals surface area contributed by atoms with Crippen molar-refractivity contribution < 1.29 is 10.2 Å². The molecular weight excluding hydrogens is 128 g/mol. The summed E-state index contributed by atoms with van der Waals surface area (Å²) in [5, 5.41) is 17.4. The molecule has 0 spiro atoms. The molecule has 0 saturated heterocycles. The lowest BCUT2D eigenvalue weighted by molar-refractivity contribution is 0.0744. The molecule has 2 N–H and O–H groups in total. The van der Waals surface area contributed by atoms with Gasteiger partial charge in [-0.3, -0.25) is 0 Å². The van der Waals surface area contributed by atoms with E-state index in [0.29, 0.717) is 0 Å². The molecule has 0 aromatic heterocycles. The Bertz CT molecular complexity index is 47.2. The molecule has 0 aromatic rings. The van der Waals surface area contributed by atoms with Crippen molar-refractivity contribution in [2.45, 2.75) is 40.2 Å². The molecule has 0 rings (SSSR count). The molecule has 2 heteroatoms. The summed E-state index contributed by atoms with van der Waals surface area (Å²) in [6.07, 6.45) is 0.391. The van der Waals surface area contributed by atoms with Gasteiger partial charge in [0.1, 0.15) is 0 Å². The van der Waals surface area contributed by atoms with E-state index in [1.807, 2.05) is 27.7 Å². The second kappa shape index (κ2) is 8.92.